The van der Waals surface area contributed by atoms with Crippen molar-refractivity contribution < 1.29 is 64.8 Å². The normalized spacial score (nSPS) is 9.09. The van der Waals surface area contributed by atoms with Crippen molar-refractivity contribution in [3.8, 4) is 0 Å². The number of hydrogen-bond donors (Lipinski definition) is 8. The van der Waals surface area contributed by atoms with E-state index in [0.29, 0.717) is 26.1 Å². The molecule has 1 aromatic carbocycles. The maximum absolute atomic E-state index is 10.4. The second-order valence-electron chi connectivity index (χ2n) is 5.69. The van der Waals surface area contributed by atoms with Crippen LogP contribution in [0.25, 0.3) is 0 Å². The van der Waals surface area contributed by atoms with Crippen LogP contribution in [0.3, 0.4) is 0 Å². The quantitative estimate of drug-likeness (QED) is 0.180. The SMILES string of the molecule is O=C(O)CCCCC(=O)O.O=C(O)c1cccc(C(=O)O)c1.OCCO.OCCOCCO. The lowest BCUT2D eigenvalue weighted by Crippen LogP contribution is -2.03. The number of ether oxygens (including phenoxy) is 1. The summed E-state index contributed by atoms with van der Waals surface area (Å²) in [5.74, 6) is -3.99. The van der Waals surface area contributed by atoms with Gasteiger partial charge >= 0.3 is 23.9 Å². The number of unbranched alkanes of at least 4 members (excludes halogenated alkanes) is 1. The molecule has 13 heteroatoms. The first-order valence-corrected chi connectivity index (χ1v) is 9.58. The molecule has 0 aromatic heterocycles. The van der Waals surface area contributed by atoms with Gasteiger partial charge in [-0.3, -0.25) is 9.59 Å². The van der Waals surface area contributed by atoms with E-state index < -0.39 is 23.9 Å². The summed E-state index contributed by atoms with van der Waals surface area (Å²) in [4.78, 5) is 40.6. The molecule has 190 valence electrons. The molecule has 0 unspecified atom stereocenters. The van der Waals surface area contributed by atoms with Crippen LogP contribution >= 0.6 is 0 Å². The van der Waals surface area contributed by atoms with Gasteiger partial charge in [-0.1, -0.05) is 6.07 Å². The Morgan fingerprint density at radius 3 is 1.24 bits per heavy atom. The third-order valence-corrected chi connectivity index (χ3v) is 2.96. The van der Waals surface area contributed by atoms with E-state index in [-0.39, 0.29) is 50.4 Å². The van der Waals surface area contributed by atoms with Crippen molar-refractivity contribution in [2.24, 2.45) is 0 Å². The van der Waals surface area contributed by atoms with E-state index in [4.69, 9.17) is 40.9 Å². The van der Waals surface area contributed by atoms with Crippen LogP contribution in [0.5, 0.6) is 0 Å². The summed E-state index contributed by atoms with van der Waals surface area (Å²) in [6.45, 7) is 0.446. The summed E-state index contributed by atoms with van der Waals surface area (Å²) in [6.07, 6.45) is 1.02. The van der Waals surface area contributed by atoms with Gasteiger partial charge < -0.3 is 45.6 Å². The number of aliphatic hydroxyl groups excluding tert-OH is 4. The Bertz CT molecular complexity index is 610. The molecule has 0 bridgehead atoms. The summed E-state index contributed by atoms with van der Waals surface area (Å²) in [5, 5.41) is 64.7. The highest BCUT2D eigenvalue weighted by Gasteiger charge is 2.06. The Morgan fingerprint density at radius 1 is 0.636 bits per heavy atom. The van der Waals surface area contributed by atoms with Crippen molar-refractivity contribution in [2.45, 2.75) is 25.7 Å². The number of carbonyl (C=O) groups is 4. The number of carboxylic acid groups (broad SMARTS) is 4. The maximum Gasteiger partial charge on any atom is 0.335 e. The Hall–Kier alpha value is -3.10. The minimum Gasteiger partial charge on any atom is -0.481 e. The molecule has 0 heterocycles. The number of hydrogen-bond acceptors (Lipinski definition) is 9. The summed E-state index contributed by atoms with van der Waals surface area (Å²) in [6, 6.07) is 5.20. The van der Waals surface area contributed by atoms with Crippen LogP contribution in [0, 0.1) is 0 Å². The highest BCUT2D eigenvalue weighted by molar-refractivity contribution is 5.93. The van der Waals surface area contributed by atoms with Gasteiger partial charge in [0.1, 0.15) is 0 Å². The lowest BCUT2D eigenvalue weighted by atomic mass is 10.1. The number of aromatic carboxylic acids is 2. The molecule has 13 nitrogen and oxygen atoms in total. The van der Waals surface area contributed by atoms with Crippen molar-refractivity contribution >= 4 is 23.9 Å². The predicted octanol–water partition coefficient (Wildman–Crippen LogP) is -0.242. The van der Waals surface area contributed by atoms with E-state index >= 15 is 0 Å². The molecule has 0 radical (unpaired) electrons. The Morgan fingerprint density at radius 2 is 1.00 bits per heavy atom. The molecule has 0 aliphatic rings. The van der Waals surface area contributed by atoms with E-state index in [9.17, 15) is 19.2 Å². The van der Waals surface area contributed by atoms with Crippen molar-refractivity contribution in [1.82, 2.24) is 0 Å². The fourth-order valence-corrected chi connectivity index (χ4v) is 1.57. The molecule has 0 aliphatic carbocycles. The molecular formula is C20H32O13. The number of benzene rings is 1. The molecule has 1 rings (SSSR count). The minimum absolute atomic E-state index is 0.0186. The van der Waals surface area contributed by atoms with Gasteiger partial charge in [0.2, 0.25) is 0 Å². The van der Waals surface area contributed by atoms with Crippen LogP contribution in [0.4, 0.5) is 0 Å². The van der Waals surface area contributed by atoms with Crippen molar-refractivity contribution in [2.75, 3.05) is 39.6 Å². The first kappa shape index (κ1) is 34.5. The summed E-state index contributed by atoms with van der Waals surface area (Å²) < 4.78 is 4.63. The van der Waals surface area contributed by atoms with Crippen LogP contribution in [0.1, 0.15) is 46.4 Å². The second-order valence-corrected chi connectivity index (χ2v) is 5.69. The molecule has 0 saturated carbocycles. The average molecular weight is 480 g/mol. The maximum atomic E-state index is 10.4. The smallest absolute Gasteiger partial charge is 0.335 e. The molecular weight excluding hydrogens is 448 g/mol. The van der Waals surface area contributed by atoms with Crippen LogP contribution in [0.2, 0.25) is 0 Å². The highest BCUT2D eigenvalue weighted by atomic mass is 16.5. The Labute approximate surface area is 190 Å². The molecule has 0 fully saturated rings. The number of rotatable bonds is 12. The largest absolute Gasteiger partial charge is 0.481 e. The van der Waals surface area contributed by atoms with Crippen molar-refractivity contribution in [1.29, 1.82) is 0 Å². The molecule has 0 saturated heterocycles. The highest BCUT2D eigenvalue weighted by Crippen LogP contribution is 2.04. The summed E-state index contributed by atoms with van der Waals surface area (Å²) in [5.41, 5.74) is -0.0372. The fourth-order valence-electron chi connectivity index (χ4n) is 1.57. The predicted molar refractivity (Wildman–Crippen MR) is 113 cm³/mol. The van der Waals surface area contributed by atoms with Gasteiger partial charge in [-0.2, -0.15) is 0 Å². The van der Waals surface area contributed by atoms with Gasteiger partial charge in [-0.15, -0.1) is 0 Å². The molecule has 0 spiro atoms. The van der Waals surface area contributed by atoms with Gasteiger partial charge in [0, 0.05) is 12.8 Å². The van der Waals surface area contributed by atoms with Gasteiger partial charge in [-0.05, 0) is 31.0 Å². The molecule has 1 aromatic rings. The van der Waals surface area contributed by atoms with Crippen LogP contribution in [-0.4, -0.2) is 104 Å². The molecule has 33 heavy (non-hydrogen) atoms. The van der Waals surface area contributed by atoms with E-state index in [1.807, 2.05) is 0 Å². The summed E-state index contributed by atoms with van der Waals surface area (Å²) in [7, 11) is 0. The molecule has 8 N–H and O–H groups in total. The van der Waals surface area contributed by atoms with Gasteiger partial charge in [0.05, 0.1) is 50.8 Å². The molecule has 0 atom stereocenters. The number of carboxylic acids is 4. The fraction of sp³-hybridized carbons (Fsp3) is 0.500. The standard InChI is InChI=1S/C8H6O4.C6H10O4.C4H10O3.C2H6O2/c9-7(10)5-2-1-3-6(4-5)8(11)12;7-5(8)3-1-2-4-6(9)10;5-1-3-7-4-2-6;3-1-2-4/h1-4H,(H,9,10)(H,11,12);1-4H2,(H,7,8)(H,9,10);5-6H,1-4H2;3-4H,1-2H2. The van der Waals surface area contributed by atoms with E-state index in [0.717, 1.165) is 6.07 Å². The van der Waals surface area contributed by atoms with E-state index in [1.165, 1.54) is 18.2 Å². The van der Waals surface area contributed by atoms with Gasteiger partial charge in [-0.25, -0.2) is 9.59 Å². The zero-order valence-corrected chi connectivity index (χ0v) is 18.0. The van der Waals surface area contributed by atoms with Crippen molar-refractivity contribution in [3.05, 3.63) is 35.4 Å². The summed E-state index contributed by atoms with van der Waals surface area (Å²) >= 11 is 0. The monoisotopic (exact) mass is 480 g/mol. The molecule has 0 aliphatic heterocycles. The first-order chi connectivity index (χ1) is 15.6. The number of aliphatic carboxylic acids is 2. The third-order valence-electron chi connectivity index (χ3n) is 2.96. The van der Waals surface area contributed by atoms with E-state index in [1.54, 1.807) is 0 Å². The first-order valence-electron chi connectivity index (χ1n) is 9.58. The van der Waals surface area contributed by atoms with Crippen LogP contribution in [-0.2, 0) is 14.3 Å². The minimum atomic E-state index is -1.13. The van der Waals surface area contributed by atoms with Gasteiger partial charge in [0.15, 0.2) is 0 Å². The second kappa shape index (κ2) is 25.2. The third kappa shape index (κ3) is 28.9. The lowest BCUT2D eigenvalue weighted by molar-refractivity contribution is -0.139. The van der Waals surface area contributed by atoms with E-state index in [2.05, 4.69) is 4.74 Å². The zero-order chi connectivity index (χ0) is 26.1. The molecule has 0 amide bonds. The van der Waals surface area contributed by atoms with Crippen LogP contribution < -0.4 is 0 Å². The zero-order valence-electron chi connectivity index (χ0n) is 18.0. The Kier molecular flexibility index (Phi) is 26.3. The van der Waals surface area contributed by atoms with Crippen LogP contribution in [0.15, 0.2) is 24.3 Å². The average Bonchev–Trinajstić information content (AvgIpc) is 2.78. The topological polar surface area (TPSA) is 239 Å². The lowest BCUT2D eigenvalue weighted by Gasteiger charge is -1.95. The van der Waals surface area contributed by atoms with Crippen molar-refractivity contribution in [3.63, 3.8) is 0 Å². The Balaban J connectivity index is -0.000000389. The number of aliphatic hydroxyl groups is 4. The van der Waals surface area contributed by atoms with Gasteiger partial charge in [0.25, 0.3) is 0 Å².